The number of anilines is 1. The summed E-state index contributed by atoms with van der Waals surface area (Å²) in [5, 5.41) is 23.3. The van der Waals surface area contributed by atoms with Crippen molar-refractivity contribution in [1.29, 1.82) is 10.5 Å². The van der Waals surface area contributed by atoms with Crippen molar-refractivity contribution < 1.29 is 9.53 Å². The number of fused-ring (bicyclic) bond motifs is 1. The van der Waals surface area contributed by atoms with Gasteiger partial charge in [-0.2, -0.15) is 10.5 Å². The molecule has 34 heavy (non-hydrogen) atoms. The van der Waals surface area contributed by atoms with E-state index in [4.69, 9.17) is 4.74 Å². The third-order valence-corrected chi connectivity index (χ3v) is 7.97. The number of carbonyl (C=O) groups is 1. The van der Waals surface area contributed by atoms with Crippen LogP contribution in [-0.2, 0) is 17.6 Å². The third kappa shape index (κ3) is 5.25. The molecule has 8 heteroatoms. The molecule has 0 spiro atoms. The van der Waals surface area contributed by atoms with Crippen LogP contribution >= 0.6 is 23.1 Å². The molecule has 172 valence electrons. The Hall–Kier alpha value is -3.33. The zero-order valence-electron chi connectivity index (χ0n) is 19.1. The Kier molecular flexibility index (Phi) is 7.52. The first-order valence-electron chi connectivity index (χ1n) is 11.0. The first-order valence-corrected chi connectivity index (χ1v) is 12.9. The molecule has 0 bridgehead atoms. The summed E-state index contributed by atoms with van der Waals surface area (Å²) in [5.74, 6) is 1.70. The molecule has 1 unspecified atom stereocenters. The van der Waals surface area contributed by atoms with Crippen molar-refractivity contribution in [3.63, 3.8) is 0 Å². The number of nitrogens with one attached hydrogen (secondary N) is 1. The van der Waals surface area contributed by atoms with Crippen LogP contribution in [0.2, 0.25) is 0 Å². The van der Waals surface area contributed by atoms with Crippen LogP contribution in [0.5, 0.6) is 5.75 Å². The van der Waals surface area contributed by atoms with Crippen molar-refractivity contribution in [2.45, 2.75) is 37.6 Å². The van der Waals surface area contributed by atoms with Gasteiger partial charge in [0.2, 0.25) is 5.91 Å². The van der Waals surface area contributed by atoms with Crippen LogP contribution in [0.25, 0.3) is 11.3 Å². The number of pyridine rings is 1. The Morgan fingerprint density at radius 2 is 2.03 bits per heavy atom. The summed E-state index contributed by atoms with van der Waals surface area (Å²) < 4.78 is 5.20. The minimum absolute atomic E-state index is 0.138. The summed E-state index contributed by atoms with van der Waals surface area (Å²) in [6.45, 7) is 2.22. The maximum Gasteiger partial charge on any atom is 0.225 e. The lowest BCUT2D eigenvalue weighted by Gasteiger charge is -2.17. The summed E-state index contributed by atoms with van der Waals surface area (Å²) in [7, 11) is 1.62. The van der Waals surface area contributed by atoms with Crippen LogP contribution < -0.4 is 10.1 Å². The van der Waals surface area contributed by atoms with Gasteiger partial charge < -0.3 is 10.1 Å². The van der Waals surface area contributed by atoms with Crippen molar-refractivity contribution in [2.24, 2.45) is 5.92 Å². The number of amides is 1. The second-order valence-corrected chi connectivity index (χ2v) is 10.4. The molecule has 0 radical (unpaired) electrons. The molecule has 1 aliphatic carbocycles. The average Bonchev–Trinajstić information content (AvgIpc) is 3.19. The fourth-order valence-electron chi connectivity index (χ4n) is 3.94. The topological polar surface area (TPSA) is 98.8 Å². The number of nitrogens with zero attached hydrogens (tertiary/aromatic N) is 3. The van der Waals surface area contributed by atoms with Gasteiger partial charge in [-0.05, 0) is 67.1 Å². The Morgan fingerprint density at radius 1 is 1.24 bits per heavy atom. The molecule has 3 aromatic rings. The maximum absolute atomic E-state index is 12.6. The largest absolute Gasteiger partial charge is 0.497 e. The number of methoxy groups -OCH3 is 1. The number of carbonyl (C=O) groups excluding carboxylic acids is 1. The van der Waals surface area contributed by atoms with E-state index in [1.807, 2.05) is 30.3 Å². The third-order valence-electron chi connectivity index (χ3n) is 5.81. The number of hydrogen-bond donors (Lipinski definition) is 1. The molecule has 6 nitrogen and oxygen atoms in total. The standard InChI is InChI=1S/C26H24N4O2S2/c1-16-3-9-20-21(15-28)26(34-23(20)13-16)30-24(31)11-12-33-25-18(14-27)6-10-22(29-25)17-4-7-19(32-2)8-5-17/h4-8,10,16H,3,9,11-13H2,1-2H3,(H,30,31). The maximum atomic E-state index is 12.6. The number of hydrogen-bond acceptors (Lipinski definition) is 7. The molecule has 1 N–H and O–H groups in total. The normalized spacial score (nSPS) is 14.5. The number of aromatic nitrogens is 1. The van der Waals surface area contributed by atoms with Gasteiger partial charge in [-0.3, -0.25) is 4.79 Å². The van der Waals surface area contributed by atoms with E-state index in [0.29, 0.717) is 32.8 Å². The number of thiophene rings is 1. The molecule has 1 aromatic carbocycles. The minimum atomic E-state index is -0.138. The predicted octanol–water partition coefficient (Wildman–Crippen LogP) is 5.81. The highest BCUT2D eigenvalue weighted by molar-refractivity contribution is 7.99. The second-order valence-electron chi connectivity index (χ2n) is 8.20. The quantitative estimate of drug-likeness (QED) is 0.422. The highest BCUT2D eigenvalue weighted by atomic mass is 32.2. The average molecular weight is 489 g/mol. The lowest BCUT2D eigenvalue weighted by molar-refractivity contribution is -0.115. The molecule has 4 rings (SSSR count). The fraction of sp³-hybridized carbons (Fsp3) is 0.308. The summed E-state index contributed by atoms with van der Waals surface area (Å²) in [4.78, 5) is 18.5. The van der Waals surface area contributed by atoms with E-state index < -0.39 is 0 Å². The summed E-state index contributed by atoms with van der Waals surface area (Å²) >= 11 is 2.91. The molecular formula is C26H24N4O2S2. The smallest absolute Gasteiger partial charge is 0.225 e. The van der Waals surface area contributed by atoms with E-state index in [-0.39, 0.29) is 12.3 Å². The first-order chi connectivity index (χ1) is 16.5. The Labute approximate surface area is 207 Å². The van der Waals surface area contributed by atoms with Gasteiger partial charge in [-0.25, -0.2) is 4.98 Å². The van der Waals surface area contributed by atoms with E-state index in [2.05, 4.69) is 29.4 Å². The van der Waals surface area contributed by atoms with Gasteiger partial charge in [0.1, 0.15) is 27.9 Å². The van der Waals surface area contributed by atoms with Crippen molar-refractivity contribution >= 4 is 34.0 Å². The van der Waals surface area contributed by atoms with Crippen LogP contribution in [-0.4, -0.2) is 23.8 Å². The Morgan fingerprint density at radius 3 is 2.74 bits per heavy atom. The lowest BCUT2D eigenvalue weighted by Crippen LogP contribution is -2.12. The molecule has 2 heterocycles. The Bertz CT molecular complexity index is 1290. The molecule has 1 aliphatic rings. The van der Waals surface area contributed by atoms with Crippen LogP contribution in [0, 0.1) is 28.6 Å². The van der Waals surface area contributed by atoms with E-state index >= 15 is 0 Å². The van der Waals surface area contributed by atoms with Crippen molar-refractivity contribution in [2.75, 3.05) is 18.2 Å². The van der Waals surface area contributed by atoms with E-state index in [1.54, 1.807) is 13.2 Å². The van der Waals surface area contributed by atoms with Crippen molar-refractivity contribution in [3.8, 4) is 29.1 Å². The van der Waals surface area contributed by atoms with E-state index in [1.165, 1.54) is 28.0 Å². The molecule has 0 saturated carbocycles. The molecule has 0 saturated heterocycles. The zero-order valence-corrected chi connectivity index (χ0v) is 20.7. The monoisotopic (exact) mass is 488 g/mol. The van der Waals surface area contributed by atoms with Gasteiger partial charge in [-0.15, -0.1) is 23.1 Å². The van der Waals surface area contributed by atoms with Gasteiger partial charge >= 0.3 is 0 Å². The van der Waals surface area contributed by atoms with Crippen LogP contribution in [0.1, 0.15) is 41.3 Å². The zero-order chi connectivity index (χ0) is 24.1. The first kappa shape index (κ1) is 23.8. The van der Waals surface area contributed by atoms with Crippen LogP contribution in [0.3, 0.4) is 0 Å². The highest BCUT2D eigenvalue weighted by Crippen LogP contribution is 2.39. The van der Waals surface area contributed by atoms with Crippen LogP contribution in [0.15, 0.2) is 41.4 Å². The molecule has 0 aliphatic heterocycles. The van der Waals surface area contributed by atoms with Gasteiger partial charge in [0, 0.05) is 22.6 Å². The SMILES string of the molecule is COc1ccc(-c2ccc(C#N)c(SCCC(=O)Nc3sc4c(c3C#N)CCC(C)C4)n2)cc1. The van der Waals surface area contributed by atoms with E-state index in [9.17, 15) is 15.3 Å². The second kappa shape index (κ2) is 10.7. The van der Waals surface area contributed by atoms with Crippen molar-refractivity contribution in [1.82, 2.24) is 4.98 Å². The number of ether oxygens (including phenoxy) is 1. The summed E-state index contributed by atoms with van der Waals surface area (Å²) in [6.07, 6.45) is 3.20. The fourth-order valence-corrected chi connectivity index (χ4v) is 6.24. The minimum Gasteiger partial charge on any atom is -0.497 e. The van der Waals surface area contributed by atoms with Crippen molar-refractivity contribution in [3.05, 3.63) is 58.0 Å². The summed E-state index contributed by atoms with van der Waals surface area (Å²) in [5.41, 5.74) is 3.88. The summed E-state index contributed by atoms with van der Waals surface area (Å²) in [6, 6.07) is 15.6. The Balaban J connectivity index is 1.41. The molecular weight excluding hydrogens is 464 g/mol. The number of rotatable bonds is 7. The van der Waals surface area contributed by atoms with Crippen LogP contribution in [0.4, 0.5) is 5.00 Å². The molecule has 2 aromatic heterocycles. The predicted molar refractivity (Wildman–Crippen MR) is 135 cm³/mol. The van der Waals surface area contributed by atoms with Gasteiger partial charge in [0.25, 0.3) is 0 Å². The molecule has 0 fully saturated rings. The highest BCUT2D eigenvalue weighted by Gasteiger charge is 2.24. The molecule has 1 amide bonds. The van der Waals surface area contributed by atoms with Gasteiger partial charge in [-0.1, -0.05) is 6.92 Å². The number of thioether (sulfide) groups is 1. The lowest BCUT2D eigenvalue weighted by atomic mass is 9.89. The molecule has 1 atom stereocenters. The van der Waals surface area contributed by atoms with E-state index in [0.717, 1.165) is 41.8 Å². The number of benzene rings is 1. The number of nitriles is 2. The van der Waals surface area contributed by atoms with Gasteiger partial charge in [0.05, 0.1) is 23.9 Å². The van der Waals surface area contributed by atoms with Gasteiger partial charge in [0.15, 0.2) is 0 Å².